The average molecular weight is 448 g/mol. The van der Waals surface area contributed by atoms with Crippen molar-refractivity contribution in [3.05, 3.63) is 66.2 Å². The standard InChI is InChI=1S/C25H25N3O3S/c1-30-19-9-10-22-23(17-19)32-25(26-22)28(12-11-27-13-15-31-16-14-27)24(29)21-8-4-6-18-5-2-3-7-20(18)21/h2-10,17H,11-16H2,1H3. The molecule has 4 aromatic rings. The number of ether oxygens (including phenoxy) is 2. The van der Waals surface area contributed by atoms with Crippen molar-refractivity contribution in [1.29, 1.82) is 0 Å². The topological polar surface area (TPSA) is 54.9 Å². The third kappa shape index (κ3) is 4.19. The molecule has 3 aromatic carbocycles. The summed E-state index contributed by atoms with van der Waals surface area (Å²) in [5.41, 5.74) is 1.56. The van der Waals surface area contributed by atoms with Gasteiger partial charge in [0.05, 0.1) is 30.5 Å². The van der Waals surface area contributed by atoms with Crippen molar-refractivity contribution in [1.82, 2.24) is 9.88 Å². The van der Waals surface area contributed by atoms with Crippen LogP contribution in [0.3, 0.4) is 0 Å². The molecule has 0 spiro atoms. The summed E-state index contributed by atoms with van der Waals surface area (Å²) < 4.78 is 11.8. The number of anilines is 1. The van der Waals surface area contributed by atoms with E-state index >= 15 is 0 Å². The third-order valence-corrected chi connectivity index (χ3v) is 6.87. The Kier molecular flexibility index (Phi) is 6.03. The Morgan fingerprint density at radius 3 is 2.78 bits per heavy atom. The van der Waals surface area contributed by atoms with Crippen LogP contribution in [-0.2, 0) is 4.74 Å². The molecule has 164 valence electrons. The molecule has 6 nitrogen and oxygen atoms in total. The van der Waals surface area contributed by atoms with Gasteiger partial charge in [0.2, 0.25) is 0 Å². The maximum absolute atomic E-state index is 13.9. The van der Waals surface area contributed by atoms with Gasteiger partial charge in [-0.05, 0) is 35.0 Å². The molecule has 1 saturated heterocycles. The third-order valence-electron chi connectivity index (χ3n) is 5.82. The molecule has 1 aliphatic rings. The van der Waals surface area contributed by atoms with E-state index in [1.165, 1.54) is 11.3 Å². The molecule has 1 aliphatic heterocycles. The molecule has 0 atom stereocenters. The van der Waals surface area contributed by atoms with Crippen LogP contribution in [0.15, 0.2) is 60.7 Å². The summed E-state index contributed by atoms with van der Waals surface area (Å²) in [6.45, 7) is 4.58. The monoisotopic (exact) mass is 447 g/mol. The van der Waals surface area contributed by atoms with Crippen LogP contribution in [-0.4, -0.2) is 62.3 Å². The number of aromatic nitrogens is 1. The fourth-order valence-corrected chi connectivity index (χ4v) is 5.06. The smallest absolute Gasteiger partial charge is 0.260 e. The molecule has 0 radical (unpaired) electrons. The highest BCUT2D eigenvalue weighted by molar-refractivity contribution is 7.22. The summed E-state index contributed by atoms with van der Waals surface area (Å²) in [7, 11) is 1.65. The predicted octanol–water partition coefficient (Wildman–Crippen LogP) is 4.44. The second kappa shape index (κ2) is 9.24. The van der Waals surface area contributed by atoms with Gasteiger partial charge in [0, 0.05) is 31.7 Å². The molecular weight excluding hydrogens is 422 g/mol. The van der Waals surface area contributed by atoms with Crippen molar-refractivity contribution in [2.24, 2.45) is 0 Å². The zero-order valence-corrected chi connectivity index (χ0v) is 18.8. The maximum Gasteiger partial charge on any atom is 0.260 e. The summed E-state index contributed by atoms with van der Waals surface area (Å²) in [6.07, 6.45) is 0. The van der Waals surface area contributed by atoms with E-state index in [4.69, 9.17) is 14.5 Å². The minimum atomic E-state index is -0.0268. The molecule has 1 fully saturated rings. The highest BCUT2D eigenvalue weighted by atomic mass is 32.1. The van der Waals surface area contributed by atoms with Crippen LogP contribution in [0.1, 0.15) is 10.4 Å². The van der Waals surface area contributed by atoms with E-state index in [0.717, 1.165) is 59.6 Å². The van der Waals surface area contributed by atoms with Gasteiger partial charge in [-0.2, -0.15) is 0 Å². The van der Waals surface area contributed by atoms with Crippen LogP contribution in [0, 0.1) is 0 Å². The zero-order chi connectivity index (χ0) is 21.9. The number of methoxy groups -OCH3 is 1. The predicted molar refractivity (Wildman–Crippen MR) is 129 cm³/mol. The minimum Gasteiger partial charge on any atom is -0.497 e. The molecule has 1 aromatic heterocycles. The number of hydrogen-bond acceptors (Lipinski definition) is 6. The van der Waals surface area contributed by atoms with Crippen LogP contribution >= 0.6 is 11.3 Å². The number of thiazole rings is 1. The van der Waals surface area contributed by atoms with Gasteiger partial charge in [-0.25, -0.2) is 4.98 Å². The Hall–Kier alpha value is -3.00. The van der Waals surface area contributed by atoms with E-state index in [2.05, 4.69) is 4.90 Å². The Labute approximate surface area is 191 Å². The van der Waals surface area contributed by atoms with Gasteiger partial charge in [-0.15, -0.1) is 0 Å². The van der Waals surface area contributed by atoms with Crippen molar-refractivity contribution in [3.63, 3.8) is 0 Å². The van der Waals surface area contributed by atoms with Gasteiger partial charge >= 0.3 is 0 Å². The first-order valence-corrected chi connectivity index (χ1v) is 11.6. The van der Waals surface area contributed by atoms with Crippen molar-refractivity contribution in [2.75, 3.05) is 51.4 Å². The molecule has 5 rings (SSSR count). The van der Waals surface area contributed by atoms with E-state index in [1.807, 2.05) is 65.6 Å². The van der Waals surface area contributed by atoms with Crippen molar-refractivity contribution in [2.45, 2.75) is 0 Å². The minimum absolute atomic E-state index is 0.0268. The SMILES string of the molecule is COc1ccc2nc(N(CCN3CCOCC3)C(=O)c3cccc4ccccc34)sc2c1. The molecule has 0 aliphatic carbocycles. The van der Waals surface area contributed by atoms with Crippen molar-refractivity contribution >= 4 is 43.4 Å². The van der Waals surface area contributed by atoms with Gasteiger partial charge < -0.3 is 9.47 Å². The number of carbonyl (C=O) groups is 1. The first-order chi connectivity index (χ1) is 15.7. The quantitative estimate of drug-likeness (QED) is 0.438. The number of rotatable bonds is 6. The van der Waals surface area contributed by atoms with Gasteiger partial charge in [0.1, 0.15) is 5.75 Å². The molecule has 0 N–H and O–H groups in total. The van der Waals surface area contributed by atoms with Gasteiger partial charge in [-0.3, -0.25) is 14.6 Å². The lowest BCUT2D eigenvalue weighted by molar-refractivity contribution is 0.0391. The first-order valence-electron chi connectivity index (χ1n) is 10.8. The van der Waals surface area contributed by atoms with Gasteiger partial charge in [-0.1, -0.05) is 47.7 Å². The summed E-state index contributed by atoms with van der Waals surface area (Å²) >= 11 is 1.52. The van der Waals surface area contributed by atoms with Gasteiger partial charge in [0.25, 0.3) is 5.91 Å². The number of amides is 1. The molecule has 2 heterocycles. The summed E-state index contributed by atoms with van der Waals surface area (Å²) in [5, 5.41) is 2.72. The van der Waals surface area contributed by atoms with Crippen molar-refractivity contribution < 1.29 is 14.3 Å². The molecule has 1 amide bonds. The van der Waals surface area contributed by atoms with Crippen molar-refractivity contribution in [3.8, 4) is 5.75 Å². The highest BCUT2D eigenvalue weighted by Gasteiger charge is 2.24. The average Bonchev–Trinajstić information content (AvgIpc) is 3.27. The number of carbonyl (C=O) groups excluding carboxylic acids is 1. The van der Waals surface area contributed by atoms with Crippen LogP contribution in [0.2, 0.25) is 0 Å². The van der Waals surface area contributed by atoms with Crippen LogP contribution in [0.5, 0.6) is 5.75 Å². The van der Waals surface area contributed by atoms with Gasteiger partial charge in [0.15, 0.2) is 5.13 Å². The Morgan fingerprint density at radius 1 is 1.12 bits per heavy atom. The number of hydrogen-bond donors (Lipinski definition) is 0. The second-order valence-corrected chi connectivity index (χ2v) is 8.78. The summed E-state index contributed by atoms with van der Waals surface area (Å²) in [5.74, 6) is 0.758. The lowest BCUT2D eigenvalue weighted by atomic mass is 10.0. The lowest BCUT2D eigenvalue weighted by Gasteiger charge is -2.29. The normalized spacial score (nSPS) is 14.7. The van der Waals surface area contributed by atoms with E-state index in [1.54, 1.807) is 7.11 Å². The Balaban J connectivity index is 1.52. The van der Waals surface area contributed by atoms with E-state index in [9.17, 15) is 4.79 Å². The number of nitrogens with zero attached hydrogens (tertiary/aromatic N) is 3. The molecular formula is C25H25N3O3S. The number of fused-ring (bicyclic) bond motifs is 2. The number of morpholine rings is 1. The van der Waals surface area contributed by atoms with E-state index in [0.29, 0.717) is 17.2 Å². The Morgan fingerprint density at radius 2 is 1.94 bits per heavy atom. The maximum atomic E-state index is 13.9. The van der Waals surface area contributed by atoms with E-state index < -0.39 is 0 Å². The lowest BCUT2D eigenvalue weighted by Crippen LogP contribution is -2.43. The summed E-state index contributed by atoms with van der Waals surface area (Å²) in [6, 6.07) is 19.7. The number of benzene rings is 3. The van der Waals surface area contributed by atoms with Crippen LogP contribution < -0.4 is 9.64 Å². The fraction of sp³-hybridized carbons (Fsp3) is 0.280. The molecule has 0 unspecified atom stereocenters. The summed E-state index contributed by atoms with van der Waals surface area (Å²) in [4.78, 5) is 22.8. The van der Waals surface area contributed by atoms with E-state index in [-0.39, 0.29) is 5.91 Å². The molecule has 0 bridgehead atoms. The molecule has 0 saturated carbocycles. The van der Waals surface area contributed by atoms with Crippen LogP contribution in [0.4, 0.5) is 5.13 Å². The van der Waals surface area contributed by atoms with Crippen LogP contribution in [0.25, 0.3) is 21.0 Å². The molecule has 7 heteroatoms. The zero-order valence-electron chi connectivity index (χ0n) is 18.0. The largest absolute Gasteiger partial charge is 0.497 e. The second-order valence-electron chi connectivity index (χ2n) is 7.77. The Bertz CT molecular complexity index is 1240. The fourth-order valence-electron chi connectivity index (χ4n) is 4.04. The first kappa shape index (κ1) is 20.9. The molecule has 32 heavy (non-hydrogen) atoms. The highest BCUT2D eigenvalue weighted by Crippen LogP contribution is 2.33.